The number of allylic oxidation sites excluding steroid dienone is 14. The molecule has 0 aromatic carbocycles. The average molecular weight is 1370 g/mol. The topological polar surface area (TPSA) is 228 Å². The molecule has 2 saturated heterocycles. The average Bonchev–Trinajstić information content (AvgIpc) is 0.794. The van der Waals surface area contributed by atoms with E-state index in [4.69, 9.17) is 18.9 Å². The van der Waals surface area contributed by atoms with Crippen molar-refractivity contribution in [3.63, 3.8) is 0 Å². The Morgan fingerprint density at radius 3 is 1.09 bits per heavy atom. The van der Waals surface area contributed by atoms with Crippen molar-refractivity contribution in [1.29, 1.82) is 0 Å². The fourth-order valence-electron chi connectivity index (χ4n) is 13.0. The molecule has 0 saturated carbocycles. The van der Waals surface area contributed by atoms with Gasteiger partial charge in [0.05, 0.1) is 32.0 Å². The predicted octanol–water partition coefficient (Wildman–Crippen LogP) is 18.3. The molecule has 0 aromatic heterocycles. The third kappa shape index (κ3) is 49.4. The normalized spacial score (nSPS) is 22.6. The molecule has 2 aliphatic rings. The van der Waals surface area contributed by atoms with Gasteiger partial charge in [-0.05, 0) is 70.6 Å². The maximum absolute atomic E-state index is 13.4. The third-order valence-electron chi connectivity index (χ3n) is 19.4. The van der Waals surface area contributed by atoms with Crippen molar-refractivity contribution in [2.24, 2.45) is 0 Å². The van der Waals surface area contributed by atoms with Gasteiger partial charge in [-0.15, -0.1) is 0 Å². The lowest BCUT2D eigenvalue weighted by molar-refractivity contribution is -0.359. The molecule has 0 aliphatic carbocycles. The van der Waals surface area contributed by atoms with Gasteiger partial charge in [0.1, 0.15) is 48.8 Å². The first-order valence-corrected chi connectivity index (χ1v) is 40.3. The van der Waals surface area contributed by atoms with E-state index in [1.807, 2.05) is 0 Å². The Bertz CT molecular complexity index is 1950. The molecule has 14 nitrogen and oxygen atoms in total. The summed E-state index contributed by atoms with van der Waals surface area (Å²) in [5.41, 5.74) is 0. The Balaban J connectivity index is 1.60. The van der Waals surface area contributed by atoms with Gasteiger partial charge in [-0.3, -0.25) is 4.79 Å². The quantitative estimate of drug-likeness (QED) is 0.0204. The van der Waals surface area contributed by atoms with E-state index >= 15 is 0 Å². The van der Waals surface area contributed by atoms with Crippen LogP contribution < -0.4 is 5.32 Å². The van der Waals surface area contributed by atoms with Crippen LogP contribution in [0.4, 0.5) is 0 Å². The summed E-state index contributed by atoms with van der Waals surface area (Å²) in [7, 11) is 0. The second-order valence-electron chi connectivity index (χ2n) is 28.2. The highest BCUT2D eigenvalue weighted by Crippen LogP contribution is 2.30. The van der Waals surface area contributed by atoms with Gasteiger partial charge in [0, 0.05) is 6.42 Å². The molecule has 0 spiro atoms. The van der Waals surface area contributed by atoms with Crippen molar-refractivity contribution in [2.75, 3.05) is 19.8 Å². The Labute approximate surface area is 592 Å². The van der Waals surface area contributed by atoms with Crippen molar-refractivity contribution < 1.29 is 64.6 Å². The number of hydrogen-bond donors (Lipinski definition) is 9. The molecule has 14 heteroatoms. The molecule has 1 amide bonds. The molecule has 2 heterocycles. The van der Waals surface area contributed by atoms with E-state index < -0.39 is 86.8 Å². The van der Waals surface area contributed by atoms with E-state index in [9.17, 15) is 45.6 Å². The van der Waals surface area contributed by atoms with Crippen LogP contribution in [0.1, 0.15) is 341 Å². The summed E-state index contributed by atoms with van der Waals surface area (Å²) >= 11 is 0. The largest absolute Gasteiger partial charge is 0.394 e. The monoisotopic (exact) mass is 1370 g/mol. The number of carbonyl (C=O) groups excluding carboxylic acids is 1. The molecular weight excluding hydrogens is 1220 g/mol. The lowest BCUT2D eigenvalue weighted by atomic mass is 9.97. The fraction of sp³-hybridized carbons (Fsp3) is 0.819. The number of rotatable bonds is 67. The maximum atomic E-state index is 13.4. The first-order valence-electron chi connectivity index (χ1n) is 40.3. The first-order chi connectivity index (χ1) is 47.6. The molecular formula is C83H149NO13. The van der Waals surface area contributed by atoms with Gasteiger partial charge in [-0.2, -0.15) is 0 Å². The number of amides is 1. The summed E-state index contributed by atoms with van der Waals surface area (Å²) in [6.07, 6.45) is 76.1. The lowest BCUT2D eigenvalue weighted by Crippen LogP contribution is -2.65. The predicted molar refractivity (Wildman–Crippen MR) is 401 cm³/mol. The zero-order valence-corrected chi connectivity index (χ0v) is 61.8. The maximum Gasteiger partial charge on any atom is 0.220 e. The highest BCUT2D eigenvalue weighted by Gasteiger charge is 2.51. The van der Waals surface area contributed by atoms with Gasteiger partial charge < -0.3 is 65.1 Å². The molecule has 12 atom stereocenters. The van der Waals surface area contributed by atoms with Gasteiger partial charge in [0.15, 0.2) is 12.6 Å². The molecule has 0 radical (unpaired) electrons. The van der Waals surface area contributed by atoms with Crippen LogP contribution >= 0.6 is 0 Å². The van der Waals surface area contributed by atoms with Crippen LogP contribution in [0.25, 0.3) is 0 Å². The minimum absolute atomic E-state index is 0.204. The lowest BCUT2D eigenvalue weighted by Gasteiger charge is -2.46. The standard InChI is InChI=1S/C83H149NO13/c1-3-5-7-9-11-13-15-17-19-21-23-25-27-29-31-32-33-34-35-36-37-38-39-40-41-43-45-47-49-51-53-55-57-59-61-63-65-67-75(88)84-71(70-94-82-80(93)78(91)81(74(69-86)96-82)97-83-79(92)77(90)76(89)73(68-85)95-83)72(87)66-64-62-60-58-56-54-52-50-48-46-44-42-30-28-26-24-22-20-18-16-14-12-10-8-6-4-2/h5,7,11,13,17,19,23,25,29,31,33-34,36-37,71-74,76-83,85-87,89-93H,3-4,6,8-10,12,14-16,18,20-22,24,26-28,30,32,35,38-70H2,1-2H3,(H,84,88)/b7-5-,13-11-,19-17-,25-23-,31-29-,34-33-,37-36-. The van der Waals surface area contributed by atoms with Gasteiger partial charge in [0.2, 0.25) is 5.91 Å². The summed E-state index contributed by atoms with van der Waals surface area (Å²) in [5.74, 6) is -0.204. The second-order valence-corrected chi connectivity index (χ2v) is 28.2. The van der Waals surface area contributed by atoms with Crippen LogP contribution in [0.3, 0.4) is 0 Å². The van der Waals surface area contributed by atoms with E-state index in [0.29, 0.717) is 12.8 Å². The van der Waals surface area contributed by atoms with Gasteiger partial charge >= 0.3 is 0 Å². The van der Waals surface area contributed by atoms with Crippen LogP contribution in [0.15, 0.2) is 85.1 Å². The van der Waals surface area contributed by atoms with Gasteiger partial charge in [0.25, 0.3) is 0 Å². The van der Waals surface area contributed by atoms with Crippen molar-refractivity contribution in [2.45, 2.75) is 415 Å². The summed E-state index contributed by atoms with van der Waals surface area (Å²) in [6, 6.07) is -0.834. The third-order valence-corrected chi connectivity index (χ3v) is 19.4. The molecule has 0 aromatic rings. The van der Waals surface area contributed by atoms with Crippen molar-refractivity contribution in [3.8, 4) is 0 Å². The number of aliphatic hydroxyl groups is 8. The summed E-state index contributed by atoms with van der Waals surface area (Å²) in [5, 5.41) is 87.9. The number of hydrogen-bond acceptors (Lipinski definition) is 13. The molecule has 9 N–H and O–H groups in total. The zero-order chi connectivity index (χ0) is 70.1. The fourth-order valence-corrected chi connectivity index (χ4v) is 13.0. The SMILES string of the molecule is CC/C=C\C/C=C\C/C=C\C/C=C\C/C=C\C/C=C\C/C=C\CCCCCCCCCCCCCCCCCC(=O)NC(COC1OC(CO)C(OC2OC(CO)C(O)C(O)C2O)C(O)C1O)C(O)CCCCCCCCCCCCCCCCCCCCCCCCCCCC. The summed E-state index contributed by atoms with van der Waals surface area (Å²) in [4.78, 5) is 13.4. The number of ether oxygens (including phenoxy) is 4. The Kier molecular flexibility index (Phi) is 61.8. The van der Waals surface area contributed by atoms with E-state index in [1.165, 1.54) is 218 Å². The minimum atomic E-state index is -1.79. The van der Waals surface area contributed by atoms with Crippen LogP contribution in [-0.2, 0) is 23.7 Å². The summed E-state index contributed by atoms with van der Waals surface area (Å²) in [6.45, 7) is 2.80. The van der Waals surface area contributed by atoms with Crippen LogP contribution in [0.2, 0.25) is 0 Å². The molecule has 0 bridgehead atoms. The Morgan fingerprint density at radius 1 is 0.381 bits per heavy atom. The van der Waals surface area contributed by atoms with Gasteiger partial charge in [-0.1, -0.05) is 349 Å². The van der Waals surface area contributed by atoms with Crippen LogP contribution in [0.5, 0.6) is 0 Å². The van der Waals surface area contributed by atoms with Crippen molar-refractivity contribution >= 4 is 5.91 Å². The molecule has 2 aliphatic heterocycles. The molecule has 564 valence electrons. The van der Waals surface area contributed by atoms with Crippen molar-refractivity contribution in [3.05, 3.63) is 85.1 Å². The number of carbonyl (C=O) groups is 1. The molecule has 12 unspecified atom stereocenters. The molecule has 2 rings (SSSR count). The second kappa shape index (κ2) is 66.4. The van der Waals surface area contributed by atoms with Gasteiger partial charge in [-0.25, -0.2) is 0 Å². The smallest absolute Gasteiger partial charge is 0.220 e. The van der Waals surface area contributed by atoms with E-state index in [1.54, 1.807) is 0 Å². The number of aliphatic hydroxyl groups excluding tert-OH is 8. The molecule has 2 fully saturated rings. The van der Waals surface area contributed by atoms with Crippen LogP contribution in [-0.4, -0.2) is 140 Å². The van der Waals surface area contributed by atoms with E-state index in [2.05, 4.69) is 104 Å². The van der Waals surface area contributed by atoms with E-state index in [0.717, 1.165) is 96.3 Å². The highest BCUT2D eigenvalue weighted by atomic mass is 16.7. The number of unbranched alkanes of at least 4 members (excludes halogenated alkanes) is 40. The zero-order valence-electron chi connectivity index (χ0n) is 61.8. The highest BCUT2D eigenvalue weighted by molar-refractivity contribution is 5.76. The van der Waals surface area contributed by atoms with E-state index in [-0.39, 0.29) is 12.5 Å². The molecule has 97 heavy (non-hydrogen) atoms. The Morgan fingerprint density at radius 2 is 0.711 bits per heavy atom. The minimum Gasteiger partial charge on any atom is -0.394 e. The van der Waals surface area contributed by atoms with Crippen molar-refractivity contribution in [1.82, 2.24) is 5.32 Å². The Hall–Kier alpha value is -2.83. The summed E-state index contributed by atoms with van der Waals surface area (Å²) < 4.78 is 23.0. The number of nitrogens with one attached hydrogen (secondary N) is 1. The first kappa shape index (κ1) is 90.3. The van der Waals surface area contributed by atoms with Crippen LogP contribution in [0, 0.1) is 0 Å².